The summed E-state index contributed by atoms with van der Waals surface area (Å²) in [5.41, 5.74) is 3.04. The van der Waals surface area contributed by atoms with Gasteiger partial charge in [0.2, 0.25) is 5.91 Å². The summed E-state index contributed by atoms with van der Waals surface area (Å²) >= 11 is 0. The van der Waals surface area contributed by atoms with E-state index in [4.69, 9.17) is 9.47 Å². The number of carbonyl (C=O) groups is 1. The van der Waals surface area contributed by atoms with Gasteiger partial charge in [-0.25, -0.2) is 4.39 Å². The number of para-hydroxylation sites is 1. The number of halogens is 1. The van der Waals surface area contributed by atoms with Crippen LogP contribution in [0.2, 0.25) is 0 Å². The molecule has 0 fully saturated rings. The summed E-state index contributed by atoms with van der Waals surface area (Å²) in [7, 11) is 1.61. The second-order valence-corrected chi connectivity index (χ2v) is 7.55. The van der Waals surface area contributed by atoms with Crippen LogP contribution in [0.5, 0.6) is 11.5 Å². The van der Waals surface area contributed by atoms with E-state index in [2.05, 4.69) is 10.4 Å². The Hall–Kier alpha value is -4.39. The third kappa shape index (κ3) is 6.32. The van der Waals surface area contributed by atoms with Crippen molar-refractivity contribution in [3.63, 3.8) is 0 Å². The lowest BCUT2D eigenvalue weighted by atomic mass is 10.1. The van der Waals surface area contributed by atoms with Crippen LogP contribution in [0, 0.1) is 5.82 Å². The number of nitrogens with one attached hydrogen (secondary N) is 1. The van der Waals surface area contributed by atoms with Gasteiger partial charge in [0.15, 0.2) is 0 Å². The number of amides is 1. The smallest absolute Gasteiger partial charge is 0.248 e. The molecular weight excluding hydrogens is 433 g/mol. The fraction of sp³-hybridized carbons (Fsp3) is 0.111. The Balaban J connectivity index is 1.36. The minimum atomic E-state index is -0.295. The van der Waals surface area contributed by atoms with Crippen LogP contribution in [0.1, 0.15) is 16.7 Å². The van der Waals surface area contributed by atoms with Crippen LogP contribution in [0.4, 0.5) is 10.1 Å². The van der Waals surface area contributed by atoms with E-state index in [9.17, 15) is 9.18 Å². The Bertz CT molecular complexity index is 1290. The molecule has 4 rings (SSSR count). The molecule has 1 aromatic heterocycles. The van der Waals surface area contributed by atoms with Gasteiger partial charge in [-0.15, -0.1) is 0 Å². The highest BCUT2D eigenvalue weighted by Crippen LogP contribution is 2.23. The van der Waals surface area contributed by atoms with Gasteiger partial charge in [0.1, 0.15) is 23.9 Å². The number of ether oxygens (including phenoxy) is 2. The quantitative estimate of drug-likeness (QED) is 0.346. The summed E-state index contributed by atoms with van der Waals surface area (Å²) < 4.78 is 26.3. The lowest BCUT2D eigenvalue weighted by molar-refractivity contribution is -0.111. The summed E-state index contributed by atoms with van der Waals surface area (Å²) in [6.45, 7) is 0.745. The second-order valence-electron chi connectivity index (χ2n) is 7.55. The Labute approximate surface area is 197 Å². The normalized spacial score (nSPS) is 10.9. The number of anilines is 1. The van der Waals surface area contributed by atoms with E-state index in [0.29, 0.717) is 24.6 Å². The topological polar surface area (TPSA) is 65.4 Å². The Kier molecular flexibility index (Phi) is 7.35. The molecule has 0 aliphatic heterocycles. The molecule has 0 atom stereocenters. The molecule has 1 amide bonds. The van der Waals surface area contributed by atoms with Crippen LogP contribution >= 0.6 is 0 Å². The second kappa shape index (κ2) is 11.0. The first kappa shape index (κ1) is 22.8. The molecule has 0 aliphatic carbocycles. The van der Waals surface area contributed by atoms with Gasteiger partial charge >= 0.3 is 0 Å². The van der Waals surface area contributed by atoms with Crippen molar-refractivity contribution >= 4 is 17.7 Å². The molecule has 0 bridgehead atoms. The van der Waals surface area contributed by atoms with Gasteiger partial charge < -0.3 is 14.8 Å². The number of benzene rings is 3. The number of carbonyl (C=O) groups excluding carboxylic acids is 1. The molecule has 1 heterocycles. The Morgan fingerprint density at radius 2 is 1.94 bits per heavy atom. The van der Waals surface area contributed by atoms with Gasteiger partial charge in [0.25, 0.3) is 0 Å². The average molecular weight is 458 g/mol. The molecule has 172 valence electrons. The summed E-state index contributed by atoms with van der Waals surface area (Å²) in [5.74, 6) is 0.894. The van der Waals surface area contributed by atoms with Crippen molar-refractivity contribution in [2.24, 2.45) is 0 Å². The number of hydrogen-bond donors (Lipinski definition) is 1. The highest BCUT2D eigenvalue weighted by atomic mass is 19.1. The van der Waals surface area contributed by atoms with E-state index in [1.807, 2.05) is 54.6 Å². The molecule has 0 unspecified atom stereocenters. The number of methoxy groups -OCH3 is 1. The lowest BCUT2D eigenvalue weighted by Crippen LogP contribution is -2.07. The zero-order valence-corrected chi connectivity index (χ0v) is 18.6. The van der Waals surface area contributed by atoms with Crippen LogP contribution in [0.15, 0.2) is 91.3 Å². The molecule has 0 aliphatic rings. The molecule has 3 aromatic carbocycles. The monoisotopic (exact) mass is 457 g/mol. The van der Waals surface area contributed by atoms with Crippen LogP contribution in [-0.4, -0.2) is 22.8 Å². The lowest BCUT2D eigenvalue weighted by Gasteiger charge is -2.11. The van der Waals surface area contributed by atoms with E-state index >= 15 is 0 Å². The van der Waals surface area contributed by atoms with Crippen LogP contribution in [-0.2, 0) is 17.9 Å². The van der Waals surface area contributed by atoms with E-state index in [1.165, 1.54) is 18.2 Å². The van der Waals surface area contributed by atoms with E-state index in [-0.39, 0.29) is 11.7 Å². The van der Waals surface area contributed by atoms with E-state index in [1.54, 1.807) is 36.3 Å². The highest BCUT2D eigenvalue weighted by Gasteiger charge is 2.07. The molecule has 1 N–H and O–H groups in total. The van der Waals surface area contributed by atoms with E-state index < -0.39 is 0 Å². The standard InChI is InChI=1S/C27H24FN3O3/c1-33-26-12-10-20(14-22(26)19-34-25-8-3-2-4-9-25)11-13-27(32)30-24-16-29-31(18-24)17-21-6-5-7-23(28)15-21/h2-16,18H,17,19H2,1H3,(H,30,32)/b13-11+. The molecule has 0 radical (unpaired) electrons. The number of rotatable bonds is 9. The summed E-state index contributed by atoms with van der Waals surface area (Å²) in [6, 6.07) is 21.5. The van der Waals surface area contributed by atoms with Gasteiger partial charge in [-0.05, 0) is 53.6 Å². The average Bonchev–Trinajstić information content (AvgIpc) is 3.28. The zero-order chi connectivity index (χ0) is 23.8. The van der Waals surface area contributed by atoms with Gasteiger partial charge in [-0.1, -0.05) is 36.4 Å². The molecule has 4 aromatic rings. The Morgan fingerprint density at radius 3 is 2.74 bits per heavy atom. The van der Waals surface area contributed by atoms with Gasteiger partial charge in [-0.3, -0.25) is 9.48 Å². The number of aromatic nitrogens is 2. The predicted molar refractivity (Wildman–Crippen MR) is 129 cm³/mol. The highest BCUT2D eigenvalue weighted by molar-refractivity contribution is 6.01. The van der Waals surface area contributed by atoms with Crippen molar-refractivity contribution in [2.75, 3.05) is 12.4 Å². The van der Waals surface area contributed by atoms with Crippen molar-refractivity contribution in [3.8, 4) is 11.5 Å². The molecule has 34 heavy (non-hydrogen) atoms. The van der Waals surface area contributed by atoms with Gasteiger partial charge in [-0.2, -0.15) is 5.10 Å². The molecule has 6 nitrogen and oxygen atoms in total. The Morgan fingerprint density at radius 1 is 1.09 bits per heavy atom. The molecule has 7 heteroatoms. The summed E-state index contributed by atoms with van der Waals surface area (Å²) in [4.78, 5) is 12.4. The predicted octanol–water partition coefficient (Wildman–Crippen LogP) is 5.31. The van der Waals surface area contributed by atoms with Crippen LogP contribution < -0.4 is 14.8 Å². The largest absolute Gasteiger partial charge is 0.496 e. The first-order valence-corrected chi connectivity index (χ1v) is 10.7. The SMILES string of the molecule is COc1ccc(/C=C/C(=O)Nc2cnn(Cc3cccc(F)c3)c2)cc1COc1ccccc1. The van der Waals surface area contributed by atoms with Crippen LogP contribution in [0.3, 0.4) is 0 Å². The summed E-state index contributed by atoms with van der Waals surface area (Å²) in [6.07, 6.45) is 6.42. The number of hydrogen-bond acceptors (Lipinski definition) is 4. The molecule has 0 spiro atoms. The van der Waals surface area contributed by atoms with Crippen molar-refractivity contribution in [3.05, 3.63) is 114 Å². The minimum Gasteiger partial charge on any atom is -0.496 e. The van der Waals surface area contributed by atoms with Crippen molar-refractivity contribution in [1.29, 1.82) is 0 Å². The maximum absolute atomic E-state index is 13.4. The first-order valence-electron chi connectivity index (χ1n) is 10.7. The van der Waals surface area contributed by atoms with E-state index in [0.717, 1.165) is 22.4 Å². The molecular formula is C27H24FN3O3. The zero-order valence-electron chi connectivity index (χ0n) is 18.6. The number of nitrogens with zero attached hydrogens (tertiary/aromatic N) is 2. The third-order valence-electron chi connectivity index (χ3n) is 5.00. The molecule has 0 saturated heterocycles. The van der Waals surface area contributed by atoms with Gasteiger partial charge in [0, 0.05) is 17.8 Å². The minimum absolute atomic E-state index is 0.289. The van der Waals surface area contributed by atoms with Gasteiger partial charge in [0.05, 0.1) is 25.5 Å². The third-order valence-corrected chi connectivity index (χ3v) is 5.00. The maximum atomic E-state index is 13.4. The fourth-order valence-electron chi connectivity index (χ4n) is 3.39. The fourth-order valence-corrected chi connectivity index (χ4v) is 3.39. The van der Waals surface area contributed by atoms with Crippen molar-refractivity contribution in [2.45, 2.75) is 13.2 Å². The van der Waals surface area contributed by atoms with Crippen molar-refractivity contribution in [1.82, 2.24) is 9.78 Å². The maximum Gasteiger partial charge on any atom is 0.248 e. The first-order chi connectivity index (χ1) is 16.6. The molecule has 0 saturated carbocycles. The summed E-state index contributed by atoms with van der Waals surface area (Å²) in [5, 5.41) is 7.00. The van der Waals surface area contributed by atoms with Crippen molar-refractivity contribution < 1.29 is 18.7 Å². The van der Waals surface area contributed by atoms with Crippen LogP contribution in [0.25, 0.3) is 6.08 Å².